The molecule has 0 bridgehead atoms. The summed E-state index contributed by atoms with van der Waals surface area (Å²) in [6, 6.07) is -7.99. The van der Waals surface area contributed by atoms with E-state index in [0.29, 0.717) is 25.5 Å². The fourth-order valence-electron chi connectivity index (χ4n) is 4.16. The van der Waals surface area contributed by atoms with E-state index in [2.05, 4.69) is 32.3 Å². The monoisotopic (exact) mass is 629 g/mol. The molecule has 17 heteroatoms. The molecule has 17 nitrogen and oxygen atoms in total. The van der Waals surface area contributed by atoms with Crippen LogP contribution in [0.5, 0.6) is 0 Å². The predicted octanol–water partition coefficient (Wildman–Crippen LogP) is -4.57. The normalized spacial score (nSPS) is 26.2. The number of amides is 2. The summed E-state index contributed by atoms with van der Waals surface area (Å²) in [5, 5.41) is 34.2. The van der Waals surface area contributed by atoms with Crippen LogP contribution in [0.4, 0.5) is 0 Å². The van der Waals surface area contributed by atoms with Crippen LogP contribution >= 0.6 is 0 Å². The molecule has 3 unspecified atom stereocenters. The number of carbonyl (C=O) groups is 7. The average Bonchev–Trinajstić information content (AvgIpc) is 3.01. The minimum absolute atomic E-state index is 0.101. The Hall–Kier alpha value is -3.03. The molecule has 2 amide bonds. The van der Waals surface area contributed by atoms with E-state index in [1.807, 2.05) is 6.92 Å². The molecule has 44 heavy (non-hydrogen) atoms. The number of carbonyl (C=O) groups excluding carboxylic acids is 7. The zero-order valence-corrected chi connectivity index (χ0v) is 25.3. The molecule has 1 aliphatic heterocycles. The summed E-state index contributed by atoms with van der Waals surface area (Å²) in [5.74, 6) is -5.81. The molecule has 0 saturated carbocycles. The molecule has 0 aromatic rings. The third kappa shape index (κ3) is 12.2. The van der Waals surface area contributed by atoms with E-state index in [-0.39, 0.29) is 31.7 Å². The minimum Gasteiger partial charge on any atom is -0.394 e. The van der Waals surface area contributed by atoms with E-state index in [1.165, 1.54) is 0 Å². The first-order valence-electron chi connectivity index (χ1n) is 14.7. The highest BCUT2D eigenvalue weighted by Gasteiger charge is 2.37. The number of aliphatic hydroxyl groups excluding tert-OH is 3. The zero-order valence-electron chi connectivity index (χ0n) is 25.3. The highest BCUT2D eigenvalue weighted by Crippen LogP contribution is 2.11. The largest absolute Gasteiger partial charge is 0.394 e. The van der Waals surface area contributed by atoms with E-state index >= 15 is 0 Å². The summed E-state index contributed by atoms with van der Waals surface area (Å²) >= 11 is 0. The lowest BCUT2D eigenvalue weighted by Crippen LogP contribution is -2.62. The molecule has 0 radical (unpaired) electrons. The SMILES string of the molecule is CC[C@H](C)C(N)C(=O)C(=O)C1CCCCNC(=O)CCC(NN[C@H](C=O)CO)C(=O)C(=O)[C@H]([C@@H](C)O)NC(=O)[C@H](CO)NN1. The first-order chi connectivity index (χ1) is 20.8. The Balaban J connectivity index is 3.28. The number of rotatable bonds is 12. The topological polar surface area (TPSA) is 278 Å². The van der Waals surface area contributed by atoms with Crippen LogP contribution in [-0.2, 0) is 33.6 Å². The molecular weight excluding hydrogens is 582 g/mol. The second kappa shape index (κ2) is 20.1. The van der Waals surface area contributed by atoms with Gasteiger partial charge in [0.2, 0.25) is 34.9 Å². The molecule has 0 aromatic heterocycles. The van der Waals surface area contributed by atoms with Crippen molar-refractivity contribution in [3.63, 3.8) is 0 Å². The fourth-order valence-corrected chi connectivity index (χ4v) is 4.16. The molecular formula is C27H47N7O10. The molecule has 1 fully saturated rings. The summed E-state index contributed by atoms with van der Waals surface area (Å²) in [5.41, 5.74) is 15.9. The van der Waals surface area contributed by atoms with Gasteiger partial charge in [-0.1, -0.05) is 20.3 Å². The number of nitrogens with two attached hydrogens (primary N) is 1. The van der Waals surface area contributed by atoms with Gasteiger partial charge in [-0.15, -0.1) is 0 Å². The van der Waals surface area contributed by atoms with Gasteiger partial charge in [0, 0.05) is 13.0 Å². The molecule has 250 valence electrons. The smallest absolute Gasteiger partial charge is 0.241 e. The summed E-state index contributed by atoms with van der Waals surface area (Å²) in [6.07, 6.45) is -0.298. The van der Waals surface area contributed by atoms with Crippen molar-refractivity contribution in [3.8, 4) is 0 Å². The van der Waals surface area contributed by atoms with Gasteiger partial charge < -0.3 is 36.5 Å². The number of aliphatic hydroxyl groups is 3. The maximum Gasteiger partial charge on any atom is 0.241 e. The van der Waals surface area contributed by atoms with E-state index in [1.54, 1.807) is 6.92 Å². The van der Waals surface area contributed by atoms with Crippen LogP contribution in [0.2, 0.25) is 0 Å². The number of aldehydes is 1. The Kier molecular flexibility index (Phi) is 17.8. The highest BCUT2D eigenvalue weighted by atomic mass is 16.3. The van der Waals surface area contributed by atoms with Gasteiger partial charge in [0.05, 0.1) is 43.5 Å². The third-order valence-corrected chi connectivity index (χ3v) is 7.38. The highest BCUT2D eigenvalue weighted by molar-refractivity contribution is 6.41. The molecule has 1 aliphatic rings. The molecule has 11 N–H and O–H groups in total. The molecule has 0 spiro atoms. The van der Waals surface area contributed by atoms with Crippen LogP contribution in [0.25, 0.3) is 0 Å². The Morgan fingerprint density at radius 1 is 1.07 bits per heavy atom. The molecule has 8 atom stereocenters. The minimum atomic E-state index is -1.78. The van der Waals surface area contributed by atoms with Crippen molar-refractivity contribution < 1.29 is 48.9 Å². The predicted molar refractivity (Wildman–Crippen MR) is 155 cm³/mol. The number of Topliss-reactive ketones (excluding diaryl/α,β-unsaturated/α-hetero) is 4. The van der Waals surface area contributed by atoms with Gasteiger partial charge in [0.15, 0.2) is 0 Å². The fraction of sp³-hybridized carbons (Fsp3) is 0.741. The Bertz CT molecular complexity index is 1010. The second-order valence-electron chi connectivity index (χ2n) is 10.8. The van der Waals surface area contributed by atoms with Crippen LogP contribution in [0.1, 0.15) is 59.3 Å². The van der Waals surface area contributed by atoms with Crippen molar-refractivity contribution >= 4 is 41.2 Å². The third-order valence-electron chi connectivity index (χ3n) is 7.38. The molecule has 0 aromatic carbocycles. The molecule has 1 rings (SSSR count). The lowest BCUT2D eigenvalue weighted by molar-refractivity contribution is -0.142. The van der Waals surface area contributed by atoms with Crippen LogP contribution < -0.4 is 38.1 Å². The number of hydrogen-bond donors (Lipinski definition) is 10. The standard InChI is InChI=1S/C27H47N7O10/c1-4-14(2)21(28)25(42)23(40)17-7-5-6-10-29-20(39)9-8-18(32-31-16(11-35)12-36)24(41)26(43)22(15(3)38)30-27(44)19(13-37)34-33-17/h11,14-19,21-22,31-34,36-38H,4-10,12-13,28H2,1-3H3,(H,29,39)(H,30,44)/t14-,15+,16+,17?,18?,19-,21?,22-/m0/s1. The van der Waals surface area contributed by atoms with Gasteiger partial charge in [-0.25, -0.2) is 21.7 Å². The number of hydrazine groups is 2. The number of hydrogen-bond acceptors (Lipinski definition) is 15. The van der Waals surface area contributed by atoms with Crippen LogP contribution in [-0.4, -0.2) is 119 Å². The summed E-state index contributed by atoms with van der Waals surface area (Å²) < 4.78 is 0. The van der Waals surface area contributed by atoms with Crippen molar-refractivity contribution in [2.24, 2.45) is 11.7 Å². The van der Waals surface area contributed by atoms with Crippen LogP contribution in [0, 0.1) is 5.92 Å². The lowest BCUT2D eigenvalue weighted by atomic mass is 9.91. The Morgan fingerprint density at radius 2 is 1.75 bits per heavy atom. The molecule has 0 aliphatic carbocycles. The lowest BCUT2D eigenvalue weighted by Gasteiger charge is -2.27. The van der Waals surface area contributed by atoms with Crippen molar-refractivity contribution in [3.05, 3.63) is 0 Å². The van der Waals surface area contributed by atoms with Crippen LogP contribution in [0.15, 0.2) is 0 Å². The summed E-state index contributed by atoms with van der Waals surface area (Å²) in [7, 11) is 0. The Labute approximate surface area is 255 Å². The maximum atomic E-state index is 13.2. The van der Waals surface area contributed by atoms with Crippen LogP contribution in [0.3, 0.4) is 0 Å². The van der Waals surface area contributed by atoms with Crippen molar-refractivity contribution in [2.45, 2.75) is 102 Å². The molecule has 1 heterocycles. The quantitative estimate of drug-likeness (QED) is 0.0553. The van der Waals surface area contributed by atoms with Gasteiger partial charge >= 0.3 is 0 Å². The number of ketones is 4. The van der Waals surface area contributed by atoms with Gasteiger partial charge in [-0.05, 0) is 38.5 Å². The number of nitrogens with one attached hydrogen (secondary N) is 6. The first-order valence-corrected chi connectivity index (χ1v) is 14.7. The van der Waals surface area contributed by atoms with Crippen molar-refractivity contribution in [1.29, 1.82) is 0 Å². The summed E-state index contributed by atoms with van der Waals surface area (Å²) in [4.78, 5) is 88.7. The van der Waals surface area contributed by atoms with E-state index < -0.39 is 90.5 Å². The first kappa shape index (κ1) is 39.0. The van der Waals surface area contributed by atoms with Gasteiger partial charge in [0.25, 0.3) is 0 Å². The van der Waals surface area contributed by atoms with Gasteiger partial charge in [-0.3, -0.25) is 28.8 Å². The van der Waals surface area contributed by atoms with E-state index in [9.17, 15) is 48.9 Å². The second-order valence-corrected chi connectivity index (χ2v) is 10.8. The summed E-state index contributed by atoms with van der Waals surface area (Å²) in [6.45, 7) is 3.40. The zero-order chi connectivity index (χ0) is 33.4. The Morgan fingerprint density at radius 3 is 2.32 bits per heavy atom. The van der Waals surface area contributed by atoms with Gasteiger partial charge in [0.1, 0.15) is 18.4 Å². The van der Waals surface area contributed by atoms with E-state index in [4.69, 9.17) is 5.73 Å². The van der Waals surface area contributed by atoms with Crippen molar-refractivity contribution in [1.82, 2.24) is 32.3 Å². The van der Waals surface area contributed by atoms with Gasteiger partial charge in [-0.2, -0.15) is 0 Å². The van der Waals surface area contributed by atoms with E-state index in [0.717, 1.165) is 6.92 Å². The average molecular weight is 630 g/mol. The van der Waals surface area contributed by atoms with Crippen molar-refractivity contribution in [2.75, 3.05) is 19.8 Å². The molecule has 1 saturated heterocycles. The maximum absolute atomic E-state index is 13.2.